The average Bonchev–Trinajstić information content (AvgIpc) is 3.25. The van der Waals surface area contributed by atoms with Gasteiger partial charge in [-0.1, -0.05) is 26.7 Å². The molecule has 1 aliphatic heterocycles. The van der Waals surface area contributed by atoms with Crippen LogP contribution < -0.4 is 5.32 Å². The van der Waals surface area contributed by atoms with Gasteiger partial charge in [-0.2, -0.15) is 0 Å². The normalized spacial score (nSPS) is 28.9. The van der Waals surface area contributed by atoms with Crippen molar-refractivity contribution in [2.45, 2.75) is 70.4 Å². The Labute approximate surface area is 118 Å². The monoisotopic (exact) mass is 268 g/mol. The van der Waals surface area contributed by atoms with Gasteiger partial charge < -0.3 is 10.4 Å². The van der Waals surface area contributed by atoms with Gasteiger partial charge in [0.05, 0.1) is 12.1 Å². The molecule has 1 heterocycles. The topological polar surface area (TPSA) is 35.5 Å². The smallest absolute Gasteiger partial charge is 0.0628 e. The molecule has 2 rings (SSSR count). The molecular formula is C16H32N2O. The average molecular weight is 268 g/mol. The zero-order valence-electron chi connectivity index (χ0n) is 12.8. The molecule has 0 aromatic heterocycles. The third-order valence-electron chi connectivity index (χ3n) is 5.13. The van der Waals surface area contributed by atoms with Crippen molar-refractivity contribution in [2.75, 3.05) is 26.2 Å². The zero-order valence-corrected chi connectivity index (χ0v) is 12.8. The first-order valence-electron chi connectivity index (χ1n) is 8.35. The van der Waals surface area contributed by atoms with E-state index in [4.69, 9.17) is 0 Å². The third kappa shape index (κ3) is 3.71. The van der Waals surface area contributed by atoms with Crippen LogP contribution in [-0.2, 0) is 0 Å². The van der Waals surface area contributed by atoms with E-state index in [0.29, 0.717) is 12.5 Å². The molecule has 1 saturated heterocycles. The van der Waals surface area contributed by atoms with Crippen molar-refractivity contribution in [2.24, 2.45) is 5.92 Å². The third-order valence-corrected chi connectivity index (χ3v) is 5.13. The molecule has 19 heavy (non-hydrogen) atoms. The lowest BCUT2D eigenvalue weighted by molar-refractivity contribution is 0.0707. The van der Waals surface area contributed by atoms with Gasteiger partial charge >= 0.3 is 0 Å². The highest BCUT2D eigenvalue weighted by atomic mass is 16.3. The predicted octanol–water partition coefficient (Wildman–Crippen LogP) is 2.39. The molecule has 0 amide bonds. The van der Waals surface area contributed by atoms with Crippen molar-refractivity contribution >= 4 is 0 Å². The van der Waals surface area contributed by atoms with Crippen LogP contribution in [0.1, 0.15) is 58.8 Å². The quantitative estimate of drug-likeness (QED) is 0.744. The van der Waals surface area contributed by atoms with Gasteiger partial charge in [0, 0.05) is 12.6 Å². The lowest BCUT2D eigenvalue weighted by Crippen LogP contribution is -2.59. The van der Waals surface area contributed by atoms with Gasteiger partial charge in [-0.05, 0) is 51.1 Å². The summed E-state index contributed by atoms with van der Waals surface area (Å²) in [4.78, 5) is 2.67. The highest BCUT2D eigenvalue weighted by molar-refractivity contribution is 5.03. The maximum absolute atomic E-state index is 9.99. The highest BCUT2D eigenvalue weighted by Crippen LogP contribution is 2.40. The number of likely N-dealkylation sites (N-methyl/N-ethyl adjacent to an activating group) is 1. The first-order chi connectivity index (χ1) is 9.25. The Morgan fingerprint density at radius 2 is 1.95 bits per heavy atom. The van der Waals surface area contributed by atoms with Gasteiger partial charge in [0.15, 0.2) is 0 Å². The van der Waals surface area contributed by atoms with Crippen molar-refractivity contribution in [3.63, 3.8) is 0 Å². The number of aliphatic hydroxyl groups excluding tert-OH is 1. The Hall–Kier alpha value is -0.120. The molecule has 0 spiro atoms. The van der Waals surface area contributed by atoms with Gasteiger partial charge in [0.25, 0.3) is 0 Å². The fraction of sp³-hybridized carbons (Fsp3) is 1.00. The second-order valence-corrected chi connectivity index (χ2v) is 6.50. The van der Waals surface area contributed by atoms with Crippen molar-refractivity contribution < 1.29 is 5.11 Å². The first kappa shape index (κ1) is 15.3. The van der Waals surface area contributed by atoms with Crippen LogP contribution in [0.3, 0.4) is 0 Å². The van der Waals surface area contributed by atoms with E-state index in [1.54, 1.807) is 0 Å². The zero-order chi connectivity index (χ0) is 13.7. The summed E-state index contributed by atoms with van der Waals surface area (Å²) in [5.41, 5.74) is -0.0352. The van der Waals surface area contributed by atoms with Crippen LogP contribution in [0.5, 0.6) is 0 Å². The van der Waals surface area contributed by atoms with Crippen LogP contribution in [0.15, 0.2) is 0 Å². The Morgan fingerprint density at radius 1 is 1.16 bits per heavy atom. The minimum Gasteiger partial charge on any atom is -0.394 e. The number of hydrogen-bond acceptors (Lipinski definition) is 3. The van der Waals surface area contributed by atoms with E-state index in [1.165, 1.54) is 51.5 Å². The van der Waals surface area contributed by atoms with Gasteiger partial charge in [-0.3, -0.25) is 4.90 Å². The van der Waals surface area contributed by atoms with Gasteiger partial charge in [-0.25, -0.2) is 0 Å². The van der Waals surface area contributed by atoms with Crippen LogP contribution >= 0.6 is 0 Å². The summed E-state index contributed by atoms with van der Waals surface area (Å²) in [6, 6.07) is 0.728. The molecule has 2 fully saturated rings. The predicted molar refractivity (Wildman–Crippen MR) is 80.3 cm³/mol. The van der Waals surface area contributed by atoms with Crippen molar-refractivity contribution in [1.82, 2.24) is 10.2 Å². The molecule has 2 aliphatic rings. The minimum atomic E-state index is -0.0352. The number of hydrogen-bond donors (Lipinski definition) is 2. The Morgan fingerprint density at radius 3 is 2.53 bits per heavy atom. The molecule has 2 atom stereocenters. The Balaban J connectivity index is 2.05. The molecule has 0 aromatic rings. The SMILES string of the molecule is CCNC(CO)(CN1CCCCCC1CC)C1CC1. The number of nitrogens with zero attached hydrogens (tertiary/aromatic N) is 1. The van der Waals surface area contributed by atoms with Gasteiger partial charge in [0.2, 0.25) is 0 Å². The molecule has 2 N–H and O–H groups in total. The van der Waals surface area contributed by atoms with Gasteiger partial charge in [0.1, 0.15) is 0 Å². The lowest BCUT2D eigenvalue weighted by atomic mass is 9.92. The molecule has 1 aliphatic carbocycles. The Kier molecular flexibility index (Phi) is 5.67. The molecule has 3 nitrogen and oxygen atoms in total. The van der Waals surface area contributed by atoms with Gasteiger partial charge in [-0.15, -0.1) is 0 Å². The summed E-state index contributed by atoms with van der Waals surface area (Å²) < 4.78 is 0. The van der Waals surface area contributed by atoms with Crippen molar-refractivity contribution in [3.05, 3.63) is 0 Å². The van der Waals surface area contributed by atoms with Crippen molar-refractivity contribution in [3.8, 4) is 0 Å². The minimum absolute atomic E-state index is 0.0352. The van der Waals surface area contributed by atoms with E-state index >= 15 is 0 Å². The van der Waals surface area contributed by atoms with E-state index in [0.717, 1.165) is 19.1 Å². The summed E-state index contributed by atoms with van der Waals surface area (Å²) in [5.74, 6) is 0.693. The van der Waals surface area contributed by atoms with E-state index in [9.17, 15) is 5.11 Å². The molecule has 2 unspecified atom stereocenters. The number of aliphatic hydroxyl groups is 1. The summed E-state index contributed by atoms with van der Waals surface area (Å²) >= 11 is 0. The van der Waals surface area contributed by atoms with Crippen LogP contribution in [0.2, 0.25) is 0 Å². The summed E-state index contributed by atoms with van der Waals surface area (Å²) in [6.07, 6.45) is 9.26. The number of nitrogens with one attached hydrogen (secondary N) is 1. The molecular weight excluding hydrogens is 236 g/mol. The van der Waals surface area contributed by atoms with Crippen LogP contribution in [0.4, 0.5) is 0 Å². The van der Waals surface area contributed by atoms with Crippen LogP contribution in [0.25, 0.3) is 0 Å². The van der Waals surface area contributed by atoms with Crippen LogP contribution in [0, 0.1) is 5.92 Å². The summed E-state index contributed by atoms with van der Waals surface area (Å²) in [6.45, 7) is 7.99. The maximum Gasteiger partial charge on any atom is 0.0628 e. The fourth-order valence-electron chi connectivity index (χ4n) is 3.82. The van der Waals surface area contributed by atoms with E-state index in [-0.39, 0.29) is 5.54 Å². The standard InChI is InChI=1S/C16H32N2O/c1-3-15-8-6-5-7-11-18(15)12-16(13-19,17-4-2)14-9-10-14/h14-15,17,19H,3-13H2,1-2H3. The second kappa shape index (κ2) is 7.05. The van der Waals surface area contributed by atoms with E-state index < -0.39 is 0 Å². The fourth-order valence-corrected chi connectivity index (χ4v) is 3.82. The number of likely N-dealkylation sites (tertiary alicyclic amines) is 1. The number of rotatable bonds is 7. The second-order valence-electron chi connectivity index (χ2n) is 6.50. The van der Waals surface area contributed by atoms with E-state index in [2.05, 4.69) is 24.1 Å². The largest absolute Gasteiger partial charge is 0.394 e. The Bertz CT molecular complexity index is 267. The maximum atomic E-state index is 9.99. The highest BCUT2D eigenvalue weighted by Gasteiger charge is 2.45. The van der Waals surface area contributed by atoms with Crippen LogP contribution in [-0.4, -0.2) is 47.8 Å². The summed E-state index contributed by atoms with van der Waals surface area (Å²) in [7, 11) is 0. The molecule has 3 heteroatoms. The first-order valence-corrected chi connectivity index (χ1v) is 8.35. The molecule has 0 bridgehead atoms. The molecule has 112 valence electrons. The molecule has 1 saturated carbocycles. The molecule has 0 aromatic carbocycles. The lowest BCUT2D eigenvalue weighted by Gasteiger charge is -2.41. The summed E-state index contributed by atoms with van der Waals surface area (Å²) in [5, 5.41) is 13.6. The van der Waals surface area contributed by atoms with Crippen molar-refractivity contribution in [1.29, 1.82) is 0 Å². The van der Waals surface area contributed by atoms with E-state index in [1.807, 2.05) is 0 Å². The molecule has 0 radical (unpaired) electrons.